The minimum Gasteiger partial charge on any atom is -0.466 e. The molecule has 0 fully saturated rings. The number of esters is 4. The van der Waals surface area contributed by atoms with E-state index in [1.54, 1.807) is 0 Å². The summed E-state index contributed by atoms with van der Waals surface area (Å²) >= 11 is 0.943. The summed E-state index contributed by atoms with van der Waals surface area (Å²) in [6.45, 7) is 9.49. The smallest absolute Gasteiger partial charge is 0.319 e. The Morgan fingerprint density at radius 1 is 0.439 bits per heavy atom. The molecular weight excluding hydrogens is 544 g/mol. The number of carbonyl (C=O) groups is 4. The highest BCUT2D eigenvalue weighted by molar-refractivity contribution is 8.01. The maximum absolute atomic E-state index is 13.1. The Balaban J connectivity index is 5.37. The van der Waals surface area contributed by atoms with Gasteiger partial charge in [0.15, 0.2) is 0 Å². The highest BCUT2D eigenvalue weighted by atomic mass is 32.2. The van der Waals surface area contributed by atoms with Crippen LogP contribution in [0.5, 0.6) is 0 Å². The van der Waals surface area contributed by atoms with Crippen LogP contribution in [0.4, 0.5) is 0 Å². The molecule has 0 radical (unpaired) electrons. The Kier molecular flexibility index (Phi) is 27.1. The molecule has 0 aromatic heterocycles. The quantitative estimate of drug-likeness (QED) is 0.0505. The van der Waals surface area contributed by atoms with Crippen LogP contribution in [0.1, 0.15) is 143 Å². The van der Waals surface area contributed by atoms with Crippen molar-refractivity contribution in [2.45, 2.75) is 154 Å². The van der Waals surface area contributed by atoms with E-state index in [4.69, 9.17) is 18.9 Å². The minimum atomic E-state index is -0.987. The predicted molar refractivity (Wildman–Crippen MR) is 165 cm³/mol. The van der Waals surface area contributed by atoms with Gasteiger partial charge in [-0.25, -0.2) is 0 Å². The van der Waals surface area contributed by atoms with Crippen LogP contribution in [0.25, 0.3) is 0 Å². The van der Waals surface area contributed by atoms with Gasteiger partial charge in [0, 0.05) is 0 Å². The zero-order chi connectivity index (χ0) is 30.6. The summed E-state index contributed by atoms with van der Waals surface area (Å²) in [5, 5.41) is -1.97. The van der Waals surface area contributed by atoms with Gasteiger partial charge in [-0.3, -0.25) is 19.2 Å². The molecule has 41 heavy (non-hydrogen) atoms. The molecule has 240 valence electrons. The summed E-state index contributed by atoms with van der Waals surface area (Å²) in [6, 6.07) is 0. The summed E-state index contributed by atoms with van der Waals surface area (Å²) in [5.41, 5.74) is 0. The van der Waals surface area contributed by atoms with E-state index in [-0.39, 0.29) is 39.3 Å². The van der Waals surface area contributed by atoms with Crippen molar-refractivity contribution in [1.82, 2.24) is 0 Å². The van der Waals surface area contributed by atoms with Crippen LogP contribution < -0.4 is 0 Å². The molecule has 0 saturated carbocycles. The first-order valence-corrected chi connectivity index (χ1v) is 17.1. The highest BCUT2D eigenvalue weighted by Gasteiger charge is 2.34. The third-order valence-electron chi connectivity index (χ3n) is 6.56. The highest BCUT2D eigenvalue weighted by Crippen LogP contribution is 2.27. The lowest BCUT2D eigenvalue weighted by atomic mass is 10.2. The van der Waals surface area contributed by atoms with Gasteiger partial charge in [-0.2, -0.15) is 0 Å². The molecule has 2 atom stereocenters. The molecule has 2 unspecified atom stereocenters. The Morgan fingerprint density at radius 3 is 1.02 bits per heavy atom. The first-order chi connectivity index (χ1) is 19.9. The average Bonchev–Trinajstić information content (AvgIpc) is 2.95. The second-order valence-electron chi connectivity index (χ2n) is 10.5. The van der Waals surface area contributed by atoms with Gasteiger partial charge in [0.2, 0.25) is 0 Å². The lowest BCUT2D eigenvalue weighted by Crippen LogP contribution is -2.32. The van der Waals surface area contributed by atoms with E-state index in [2.05, 4.69) is 27.7 Å². The van der Waals surface area contributed by atoms with Crippen molar-refractivity contribution in [2.24, 2.45) is 0 Å². The monoisotopic (exact) mass is 602 g/mol. The van der Waals surface area contributed by atoms with Gasteiger partial charge in [0.1, 0.15) is 10.5 Å². The van der Waals surface area contributed by atoms with Crippen LogP contribution >= 0.6 is 11.8 Å². The fraction of sp³-hybridized carbons (Fsp3) is 0.875. The molecule has 0 aliphatic heterocycles. The van der Waals surface area contributed by atoms with E-state index < -0.39 is 34.4 Å². The van der Waals surface area contributed by atoms with E-state index in [1.807, 2.05) is 0 Å². The summed E-state index contributed by atoms with van der Waals surface area (Å²) in [5.74, 6) is -2.20. The summed E-state index contributed by atoms with van der Waals surface area (Å²) < 4.78 is 21.7. The van der Waals surface area contributed by atoms with Gasteiger partial charge in [0.05, 0.1) is 39.3 Å². The van der Waals surface area contributed by atoms with Crippen LogP contribution in [0, 0.1) is 0 Å². The Morgan fingerprint density at radius 2 is 0.732 bits per heavy atom. The molecule has 0 rings (SSSR count). The summed E-state index contributed by atoms with van der Waals surface area (Å²) in [4.78, 5) is 51.4. The SMILES string of the molecule is CCCCCCOC(=O)CC(SC(CC(=O)OCCCCCC)C(=O)OCCCCCC)C(=O)OCCCCCC. The van der Waals surface area contributed by atoms with E-state index in [1.165, 1.54) is 0 Å². The van der Waals surface area contributed by atoms with Crippen molar-refractivity contribution in [3.63, 3.8) is 0 Å². The lowest BCUT2D eigenvalue weighted by molar-refractivity contribution is -0.150. The topological polar surface area (TPSA) is 105 Å². The van der Waals surface area contributed by atoms with Crippen molar-refractivity contribution in [3.8, 4) is 0 Å². The normalized spacial score (nSPS) is 12.4. The zero-order valence-electron chi connectivity index (χ0n) is 26.4. The number of unbranched alkanes of at least 4 members (excludes halogenated alkanes) is 12. The van der Waals surface area contributed by atoms with Crippen LogP contribution in [0.15, 0.2) is 0 Å². The van der Waals surface area contributed by atoms with E-state index in [9.17, 15) is 19.2 Å². The van der Waals surface area contributed by atoms with Crippen molar-refractivity contribution in [2.75, 3.05) is 26.4 Å². The molecule has 0 aromatic rings. The number of ether oxygens (including phenoxy) is 4. The number of thioether (sulfide) groups is 1. The van der Waals surface area contributed by atoms with Gasteiger partial charge in [0.25, 0.3) is 0 Å². The van der Waals surface area contributed by atoms with E-state index >= 15 is 0 Å². The molecule has 0 heterocycles. The van der Waals surface area contributed by atoms with Crippen molar-refractivity contribution < 1.29 is 38.1 Å². The van der Waals surface area contributed by atoms with Crippen LogP contribution in [0.2, 0.25) is 0 Å². The Bertz CT molecular complexity index is 629. The number of hydrogen-bond acceptors (Lipinski definition) is 9. The molecule has 0 bridgehead atoms. The van der Waals surface area contributed by atoms with Crippen LogP contribution in [0.3, 0.4) is 0 Å². The number of rotatable bonds is 28. The summed E-state index contributed by atoms with van der Waals surface area (Å²) in [7, 11) is 0. The maximum Gasteiger partial charge on any atom is 0.319 e. The van der Waals surface area contributed by atoms with Crippen molar-refractivity contribution >= 4 is 35.6 Å². The molecule has 0 N–H and O–H groups in total. The van der Waals surface area contributed by atoms with Crippen LogP contribution in [-0.4, -0.2) is 60.8 Å². The van der Waals surface area contributed by atoms with Gasteiger partial charge in [-0.05, 0) is 25.7 Å². The fourth-order valence-electron chi connectivity index (χ4n) is 4.01. The van der Waals surface area contributed by atoms with Gasteiger partial charge in [-0.1, -0.05) is 105 Å². The average molecular weight is 603 g/mol. The minimum absolute atomic E-state index is 0.238. The molecule has 0 aliphatic rings. The second kappa shape index (κ2) is 28.4. The first-order valence-electron chi connectivity index (χ1n) is 16.2. The molecule has 0 saturated heterocycles. The molecule has 0 aromatic carbocycles. The Hall–Kier alpha value is -1.77. The molecule has 0 aliphatic carbocycles. The Labute approximate surface area is 253 Å². The third kappa shape index (κ3) is 23.5. The van der Waals surface area contributed by atoms with E-state index in [0.29, 0.717) is 0 Å². The first kappa shape index (κ1) is 39.2. The predicted octanol–water partition coefficient (Wildman–Crippen LogP) is 7.73. The number of carbonyl (C=O) groups excluding carboxylic acids is 4. The molecule has 0 spiro atoms. The van der Waals surface area contributed by atoms with Gasteiger partial charge < -0.3 is 18.9 Å². The molecular formula is C32H58O8S. The third-order valence-corrected chi connectivity index (χ3v) is 7.94. The maximum atomic E-state index is 13.1. The summed E-state index contributed by atoms with van der Waals surface area (Å²) in [6.07, 6.45) is 14.8. The zero-order valence-corrected chi connectivity index (χ0v) is 27.2. The molecule has 8 nitrogen and oxygen atoms in total. The molecule has 9 heteroatoms. The standard InChI is InChI=1S/C32H58O8S/c1-5-9-13-17-21-37-29(33)25-27(31(35)39-23-19-15-11-7-3)41-28(32(36)40-24-20-16-12-8-4)26-30(34)38-22-18-14-10-6-2/h27-28H,5-26H2,1-4H3. The van der Waals surface area contributed by atoms with Gasteiger partial charge in [-0.15, -0.1) is 11.8 Å². The van der Waals surface area contributed by atoms with E-state index in [0.717, 1.165) is 114 Å². The van der Waals surface area contributed by atoms with Crippen molar-refractivity contribution in [3.05, 3.63) is 0 Å². The largest absolute Gasteiger partial charge is 0.466 e. The second-order valence-corrected chi connectivity index (χ2v) is 12.0. The van der Waals surface area contributed by atoms with Crippen molar-refractivity contribution in [1.29, 1.82) is 0 Å². The lowest BCUT2D eigenvalue weighted by Gasteiger charge is -2.21. The van der Waals surface area contributed by atoms with Crippen LogP contribution in [-0.2, 0) is 38.1 Å². The fourth-order valence-corrected chi connectivity index (χ4v) is 5.23. The number of hydrogen-bond donors (Lipinski definition) is 0. The van der Waals surface area contributed by atoms with Gasteiger partial charge >= 0.3 is 23.9 Å². The molecule has 0 amide bonds.